The largest absolute Gasteiger partial charge is 0.396 e. The van der Waals surface area contributed by atoms with Crippen LogP contribution in [0.4, 0.5) is 5.69 Å². The number of pyridine rings is 1. The van der Waals surface area contributed by atoms with Crippen LogP contribution in [-0.2, 0) is 0 Å². The van der Waals surface area contributed by atoms with E-state index in [-0.39, 0.29) is 12.5 Å². The van der Waals surface area contributed by atoms with E-state index < -0.39 is 0 Å². The summed E-state index contributed by atoms with van der Waals surface area (Å²) in [6.07, 6.45) is 2.50. The first kappa shape index (κ1) is 17.8. The van der Waals surface area contributed by atoms with E-state index in [1.807, 2.05) is 19.9 Å². The lowest BCUT2D eigenvalue weighted by atomic mass is 10.2. The van der Waals surface area contributed by atoms with Crippen molar-refractivity contribution in [1.29, 1.82) is 0 Å². The van der Waals surface area contributed by atoms with E-state index in [0.717, 1.165) is 30.2 Å². The molecule has 1 amide bonds. The lowest BCUT2D eigenvalue weighted by molar-refractivity contribution is 0.0767. The number of carbonyl (C=O) groups excluding carboxylic acids is 1. The van der Waals surface area contributed by atoms with Gasteiger partial charge in [0.1, 0.15) is 5.69 Å². The van der Waals surface area contributed by atoms with E-state index in [9.17, 15) is 4.79 Å². The number of rotatable bonds is 10. The van der Waals surface area contributed by atoms with Crippen LogP contribution in [0.3, 0.4) is 0 Å². The third-order valence-corrected chi connectivity index (χ3v) is 4.12. The van der Waals surface area contributed by atoms with Crippen molar-refractivity contribution in [3.8, 4) is 0 Å². The molecule has 0 aromatic carbocycles. The van der Waals surface area contributed by atoms with Gasteiger partial charge in [-0.3, -0.25) is 9.78 Å². The van der Waals surface area contributed by atoms with Crippen molar-refractivity contribution in [3.63, 3.8) is 0 Å². The molecule has 118 valence electrons. The summed E-state index contributed by atoms with van der Waals surface area (Å²) in [5.41, 5.74) is 1.40. The van der Waals surface area contributed by atoms with Crippen molar-refractivity contribution in [2.45, 2.75) is 20.3 Å². The summed E-state index contributed by atoms with van der Waals surface area (Å²) in [7, 11) is 0. The highest BCUT2D eigenvalue weighted by molar-refractivity contribution is 7.99. The normalized spacial score (nSPS) is 10.4. The molecular formula is C15H25N3O2S. The standard InChI is InChI=1S/C15H25N3O2S/c1-3-18(4-2)15(20)14-12-13(6-7-17-14)16-8-11-21-10-5-9-19/h6-7,12,19H,3-5,8-11H2,1-2H3,(H,16,17). The number of aromatic nitrogens is 1. The van der Waals surface area contributed by atoms with E-state index in [1.54, 1.807) is 28.9 Å². The Morgan fingerprint density at radius 3 is 2.81 bits per heavy atom. The van der Waals surface area contributed by atoms with E-state index in [2.05, 4.69) is 10.3 Å². The van der Waals surface area contributed by atoms with Gasteiger partial charge >= 0.3 is 0 Å². The van der Waals surface area contributed by atoms with E-state index in [4.69, 9.17) is 5.11 Å². The summed E-state index contributed by atoms with van der Waals surface area (Å²) in [4.78, 5) is 18.1. The number of aliphatic hydroxyl groups excluding tert-OH is 1. The molecule has 0 spiro atoms. The molecule has 0 aliphatic heterocycles. The first-order chi connectivity index (χ1) is 10.2. The summed E-state index contributed by atoms with van der Waals surface area (Å²) in [6.45, 7) is 6.40. The monoisotopic (exact) mass is 311 g/mol. The van der Waals surface area contributed by atoms with Gasteiger partial charge in [-0.1, -0.05) is 0 Å². The molecule has 0 saturated carbocycles. The van der Waals surface area contributed by atoms with Crippen molar-refractivity contribution in [2.75, 3.05) is 43.1 Å². The second-order valence-corrected chi connectivity index (χ2v) is 5.75. The Morgan fingerprint density at radius 2 is 2.14 bits per heavy atom. The highest BCUT2D eigenvalue weighted by Crippen LogP contribution is 2.11. The average Bonchev–Trinajstić information content (AvgIpc) is 2.52. The molecule has 0 bridgehead atoms. The molecular weight excluding hydrogens is 286 g/mol. The minimum Gasteiger partial charge on any atom is -0.396 e. The molecule has 1 aromatic heterocycles. The van der Waals surface area contributed by atoms with Gasteiger partial charge in [0.05, 0.1) is 0 Å². The predicted octanol–water partition coefficient (Wildman–Crippen LogP) is 2.09. The first-order valence-electron chi connectivity index (χ1n) is 7.40. The lowest BCUT2D eigenvalue weighted by Crippen LogP contribution is -2.31. The minimum absolute atomic E-state index is 0.0269. The summed E-state index contributed by atoms with van der Waals surface area (Å²) in [5, 5.41) is 12.0. The summed E-state index contributed by atoms with van der Waals surface area (Å²) in [5.74, 6) is 1.92. The Hall–Kier alpha value is -1.27. The van der Waals surface area contributed by atoms with Crippen molar-refractivity contribution >= 4 is 23.4 Å². The molecule has 0 aliphatic rings. The molecule has 1 rings (SSSR count). The van der Waals surface area contributed by atoms with Crippen LogP contribution >= 0.6 is 11.8 Å². The number of nitrogens with zero attached hydrogens (tertiary/aromatic N) is 2. The number of nitrogens with one attached hydrogen (secondary N) is 1. The molecule has 0 saturated heterocycles. The zero-order chi connectivity index (χ0) is 15.5. The molecule has 0 aliphatic carbocycles. The van der Waals surface area contributed by atoms with Crippen LogP contribution in [0.2, 0.25) is 0 Å². The van der Waals surface area contributed by atoms with E-state index in [0.29, 0.717) is 18.8 Å². The van der Waals surface area contributed by atoms with Crippen LogP contribution in [0.15, 0.2) is 18.3 Å². The van der Waals surface area contributed by atoms with Crippen molar-refractivity contribution in [3.05, 3.63) is 24.0 Å². The predicted molar refractivity (Wildman–Crippen MR) is 89.0 cm³/mol. The minimum atomic E-state index is -0.0269. The topological polar surface area (TPSA) is 65.5 Å². The first-order valence-corrected chi connectivity index (χ1v) is 8.56. The van der Waals surface area contributed by atoms with Gasteiger partial charge < -0.3 is 15.3 Å². The van der Waals surface area contributed by atoms with Crippen LogP contribution in [0.5, 0.6) is 0 Å². The van der Waals surface area contributed by atoms with Crippen molar-refractivity contribution < 1.29 is 9.90 Å². The average molecular weight is 311 g/mol. The highest BCUT2D eigenvalue weighted by Gasteiger charge is 2.13. The molecule has 1 aromatic rings. The van der Waals surface area contributed by atoms with Crippen LogP contribution < -0.4 is 5.32 Å². The van der Waals surface area contributed by atoms with Crippen molar-refractivity contribution in [1.82, 2.24) is 9.88 Å². The third-order valence-electron chi connectivity index (χ3n) is 3.05. The smallest absolute Gasteiger partial charge is 0.272 e. The SMILES string of the molecule is CCN(CC)C(=O)c1cc(NCCSCCCO)ccn1. The fourth-order valence-corrected chi connectivity index (χ4v) is 2.65. The summed E-state index contributed by atoms with van der Waals surface area (Å²) < 4.78 is 0. The maximum Gasteiger partial charge on any atom is 0.272 e. The van der Waals surface area contributed by atoms with Crippen LogP contribution in [0.25, 0.3) is 0 Å². The summed E-state index contributed by atoms with van der Waals surface area (Å²) in [6, 6.07) is 3.68. The Balaban J connectivity index is 2.47. The Bertz CT molecular complexity index is 425. The maximum absolute atomic E-state index is 12.2. The van der Waals surface area contributed by atoms with Gasteiger partial charge in [0.15, 0.2) is 0 Å². The van der Waals surface area contributed by atoms with Gasteiger partial charge in [0, 0.05) is 43.9 Å². The molecule has 1 heterocycles. The number of aliphatic hydroxyl groups is 1. The zero-order valence-corrected chi connectivity index (χ0v) is 13.7. The molecule has 21 heavy (non-hydrogen) atoms. The number of hydrogen-bond acceptors (Lipinski definition) is 5. The van der Waals surface area contributed by atoms with Gasteiger partial charge in [-0.15, -0.1) is 0 Å². The van der Waals surface area contributed by atoms with E-state index >= 15 is 0 Å². The molecule has 0 radical (unpaired) electrons. The second kappa shape index (κ2) is 10.5. The molecule has 5 nitrogen and oxygen atoms in total. The molecule has 6 heteroatoms. The quantitative estimate of drug-likeness (QED) is 0.648. The molecule has 0 fully saturated rings. The number of anilines is 1. The van der Waals surface area contributed by atoms with Crippen LogP contribution in [0, 0.1) is 0 Å². The highest BCUT2D eigenvalue weighted by atomic mass is 32.2. The van der Waals surface area contributed by atoms with Gasteiger partial charge in [-0.05, 0) is 38.2 Å². The number of carbonyl (C=O) groups is 1. The van der Waals surface area contributed by atoms with Gasteiger partial charge in [-0.25, -0.2) is 0 Å². The second-order valence-electron chi connectivity index (χ2n) is 4.52. The van der Waals surface area contributed by atoms with Crippen molar-refractivity contribution in [2.24, 2.45) is 0 Å². The van der Waals surface area contributed by atoms with Crippen LogP contribution in [0.1, 0.15) is 30.8 Å². The molecule has 0 atom stereocenters. The summed E-state index contributed by atoms with van der Waals surface area (Å²) >= 11 is 1.81. The molecule has 0 unspecified atom stereocenters. The Kier molecular flexibility index (Phi) is 8.85. The maximum atomic E-state index is 12.2. The number of amides is 1. The third kappa shape index (κ3) is 6.35. The van der Waals surface area contributed by atoms with Gasteiger partial charge in [0.2, 0.25) is 0 Å². The number of thioether (sulfide) groups is 1. The van der Waals surface area contributed by atoms with Gasteiger partial charge in [-0.2, -0.15) is 11.8 Å². The van der Waals surface area contributed by atoms with Gasteiger partial charge in [0.25, 0.3) is 5.91 Å². The fraction of sp³-hybridized carbons (Fsp3) is 0.600. The van der Waals surface area contributed by atoms with E-state index in [1.165, 1.54) is 0 Å². The fourth-order valence-electron chi connectivity index (χ4n) is 1.87. The van der Waals surface area contributed by atoms with Crippen LogP contribution in [-0.4, -0.2) is 58.6 Å². The number of hydrogen-bond donors (Lipinski definition) is 2. The Morgan fingerprint density at radius 1 is 1.38 bits per heavy atom. The molecule has 2 N–H and O–H groups in total. The Labute approximate surface area is 131 Å². The zero-order valence-electron chi connectivity index (χ0n) is 12.8. The lowest BCUT2D eigenvalue weighted by Gasteiger charge is -2.18.